The van der Waals surface area contributed by atoms with Crippen molar-refractivity contribution in [2.45, 2.75) is 40.2 Å². The van der Waals surface area contributed by atoms with Crippen LogP contribution in [0.2, 0.25) is 0 Å². The van der Waals surface area contributed by atoms with Crippen LogP contribution in [-0.4, -0.2) is 21.0 Å². The SMILES string of the molecule is Cn1cc(CC(NN)C2C(C)(C)C2(C)C)nn1. The van der Waals surface area contributed by atoms with Gasteiger partial charge < -0.3 is 0 Å². The standard InChI is InChI=1S/C12H23N5/c1-11(2)10(12(11,3)4)9(14-13)6-8-7-17(5)16-15-8/h7,9-10,14H,6,13H2,1-5H3. The number of hydrogen-bond acceptors (Lipinski definition) is 4. The molecule has 1 aromatic heterocycles. The van der Waals surface area contributed by atoms with Gasteiger partial charge in [0.05, 0.1) is 5.69 Å². The van der Waals surface area contributed by atoms with Crippen LogP contribution < -0.4 is 11.3 Å². The molecule has 17 heavy (non-hydrogen) atoms. The largest absolute Gasteiger partial charge is 0.271 e. The van der Waals surface area contributed by atoms with Gasteiger partial charge in [-0.25, -0.2) is 0 Å². The van der Waals surface area contributed by atoms with E-state index in [1.54, 1.807) is 4.68 Å². The van der Waals surface area contributed by atoms with Crippen LogP contribution in [-0.2, 0) is 13.5 Å². The molecule has 1 aromatic rings. The Morgan fingerprint density at radius 1 is 1.41 bits per heavy atom. The van der Waals surface area contributed by atoms with Crippen LogP contribution in [0.15, 0.2) is 6.20 Å². The maximum absolute atomic E-state index is 5.71. The fraction of sp³-hybridized carbons (Fsp3) is 0.833. The third kappa shape index (κ3) is 1.87. The molecule has 0 aliphatic heterocycles. The highest BCUT2D eigenvalue weighted by Crippen LogP contribution is 2.69. The minimum atomic E-state index is 0.261. The zero-order chi connectivity index (χ0) is 12.8. The first kappa shape index (κ1) is 12.5. The number of rotatable bonds is 4. The average molecular weight is 237 g/mol. The van der Waals surface area contributed by atoms with E-state index in [9.17, 15) is 0 Å². The van der Waals surface area contributed by atoms with Crippen molar-refractivity contribution < 1.29 is 0 Å². The Kier molecular flexibility index (Phi) is 2.78. The van der Waals surface area contributed by atoms with Crippen molar-refractivity contribution in [1.82, 2.24) is 20.4 Å². The highest BCUT2D eigenvalue weighted by molar-refractivity contribution is 5.17. The van der Waals surface area contributed by atoms with Gasteiger partial charge >= 0.3 is 0 Å². The van der Waals surface area contributed by atoms with Gasteiger partial charge in [0.15, 0.2) is 0 Å². The monoisotopic (exact) mass is 237 g/mol. The second-order valence-electron chi connectivity index (χ2n) is 6.28. The molecule has 0 saturated heterocycles. The summed E-state index contributed by atoms with van der Waals surface area (Å²) >= 11 is 0. The van der Waals surface area contributed by atoms with Crippen LogP contribution >= 0.6 is 0 Å². The van der Waals surface area contributed by atoms with Crippen molar-refractivity contribution in [1.29, 1.82) is 0 Å². The van der Waals surface area contributed by atoms with Gasteiger partial charge in [-0.2, -0.15) is 0 Å². The van der Waals surface area contributed by atoms with Gasteiger partial charge in [0.2, 0.25) is 0 Å². The predicted octanol–water partition coefficient (Wildman–Crippen LogP) is 0.872. The Hall–Kier alpha value is -0.940. The lowest BCUT2D eigenvalue weighted by atomic mass is 10.0. The summed E-state index contributed by atoms with van der Waals surface area (Å²) < 4.78 is 1.73. The zero-order valence-electron chi connectivity index (χ0n) is 11.4. The van der Waals surface area contributed by atoms with Crippen molar-refractivity contribution in [2.24, 2.45) is 29.6 Å². The molecule has 5 nitrogen and oxygen atoms in total. The first-order valence-electron chi connectivity index (χ1n) is 6.12. The smallest absolute Gasteiger partial charge is 0.0843 e. The molecule has 1 aliphatic rings. The predicted molar refractivity (Wildman–Crippen MR) is 66.9 cm³/mol. The molecular weight excluding hydrogens is 214 g/mol. The molecule has 0 aromatic carbocycles. The number of nitrogens with two attached hydrogens (primary N) is 1. The van der Waals surface area contributed by atoms with Gasteiger partial charge in [-0.05, 0) is 16.7 Å². The first-order chi connectivity index (χ1) is 7.80. The summed E-state index contributed by atoms with van der Waals surface area (Å²) in [6, 6.07) is 0.261. The number of aryl methyl sites for hydroxylation is 1. The second-order valence-corrected chi connectivity index (χ2v) is 6.28. The molecule has 0 radical (unpaired) electrons. The van der Waals surface area contributed by atoms with Gasteiger partial charge in [0, 0.05) is 25.7 Å². The lowest BCUT2D eigenvalue weighted by Crippen LogP contribution is -2.40. The summed E-state index contributed by atoms with van der Waals surface area (Å²) in [5, 5.41) is 8.08. The molecule has 3 N–H and O–H groups in total. The summed E-state index contributed by atoms with van der Waals surface area (Å²) in [6.45, 7) is 9.22. The van der Waals surface area contributed by atoms with Gasteiger partial charge in [0.25, 0.3) is 0 Å². The van der Waals surface area contributed by atoms with Crippen molar-refractivity contribution in [2.75, 3.05) is 0 Å². The maximum atomic E-state index is 5.71. The number of aromatic nitrogens is 3. The second kappa shape index (κ2) is 3.78. The minimum absolute atomic E-state index is 0.261. The number of hydrazine groups is 1. The van der Waals surface area contributed by atoms with Gasteiger partial charge in [-0.1, -0.05) is 32.9 Å². The van der Waals surface area contributed by atoms with E-state index in [-0.39, 0.29) is 6.04 Å². The molecule has 96 valence electrons. The van der Waals surface area contributed by atoms with Crippen molar-refractivity contribution in [3.63, 3.8) is 0 Å². The zero-order valence-corrected chi connectivity index (χ0v) is 11.4. The molecule has 0 bridgehead atoms. The van der Waals surface area contributed by atoms with Crippen LogP contribution in [0.5, 0.6) is 0 Å². The topological polar surface area (TPSA) is 68.8 Å². The first-order valence-corrected chi connectivity index (χ1v) is 6.12. The fourth-order valence-electron chi connectivity index (χ4n) is 3.24. The van der Waals surface area contributed by atoms with E-state index in [2.05, 4.69) is 43.4 Å². The van der Waals surface area contributed by atoms with Crippen molar-refractivity contribution in [3.05, 3.63) is 11.9 Å². The molecule has 1 saturated carbocycles. The van der Waals surface area contributed by atoms with Crippen LogP contribution in [0.25, 0.3) is 0 Å². The van der Waals surface area contributed by atoms with Gasteiger partial charge in [-0.15, -0.1) is 5.10 Å². The molecule has 2 rings (SSSR count). The summed E-state index contributed by atoms with van der Waals surface area (Å²) in [5.41, 5.74) is 4.60. The fourth-order valence-corrected chi connectivity index (χ4v) is 3.24. The van der Waals surface area contributed by atoms with E-state index in [1.807, 2.05) is 13.2 Å². The van der Waals surface area contributed by atoms with E-state index >= 15 is 0 Å². The molecule has 1 unspecified atom stereocenters. The maximum Gasteiger partial charge on any atom is 0.0843 e. The van der Waals surface area contributed by atoms with E-state index in [0.717, 1.165) is 12.1 Å². The Morgan fingerprint density at radius 2 is 2.00 bits per heavy atom. The summed E-state index contributed by atoms with van der Waals surface area (Å²) in [7, 11) is 1.88. The van der Waals surface area contributed by atoms with Crippen molar-refractivity contribution >= 4 is 0 Å². The number of hydrogen-bond donors (Lipinski definition) is 2. The Labute approximate surface area is 103 Å². The normalized spacial score (nSPS) is 23.6. The summed E-state index contributed by atoms with van der Waals surface area (Å²) in [6.07, 6.45) is 2.79. The average Bonchev–Trinajstić information content (AvgIpc) is 2.55. The minimum Gasteiger partial charge on any atom is -0.271 e. The molecule has 1 aliphatic carbocycles. The lowest BCUT2D eigenvalue weighted by molar-refractivity contribution is 0.399. The lowest BCUT2D eigenvalue weighted by Gasteiger charge is -2.16. The molecule has 1 heterocycles. The van der Waals surface area contributed by atoms with Gasteiger partial charge in [-0.3, -0.25) is 16.0 Å². The quantitative estimate of drug-likeness (QED) is 0.602. The third-order valence-corrected chi connectivity index (χ3v) is 4.83. The molecular formula is C12H23N5. The molecule has 1 atom stereocenters. The molecule has 1 fully saturated rings. The Bertz CT molecular complexity index is 393. The van der Waals surface area contributed by atoms with Crippen LogP contribution in [0, 0.1) is 16.7 Å². The van der Waals surface area contributed by atoms with E-state index < -0.39 is 0 Å². The Balaban J connectivity index is 2.09. The highest BCUT2D eigenvalue weighted by atomic mass is 15.4. The van der Waals surface area contributed by atoms with Crippen LogP contribution in [0.1, 0.15) is 33.4 Å². The van der Waals surface area contributed by atoms with Crippen LogP contribution in [0.4, 0.5) is 0 Å². The molecule has 0 amide bonds. The van der Waals surface area contributed by atoms with Gasteiger partial charge in [0.1, 0.15) is 0 Å². The Morgan fingerprint density at radius 3 is 2.35 bits per heavy atom. The van der Waals surface area contributed by atoms with E-state index in [0.29, 0.717) is 16.7 Å². The summed E-state index contributed by atoms with van der Waals surface area (Å²) in [4.78, 5) is 0. The molecule has 5 heteroatoms. The summed E-state index contributed by atoms with van der Waals surface area (Å²) in [5.74, 6) is 6.28. The highest BCUT2D eigenvalue weighted by Gasteiger charge is 2.66. The van der Waals surface area contributed by atoms with E-state index in [1.165, 1.54) is 0 Å². The van der Waals surface area contributed by atoms with E-state index in [4.69, 9.17) is 5.84 Å². The molecule has 0 spiro atoms. The van der Waals surface area contributed by atoms with Crippen molar-refractivity contribution in [3.8, 4) is 0 Å². The number of nitrogens with zero attached hydrogens (tertiary/aromatic N) is 3. The van der Waals surface area contributed by atoms with Crippen LogP contribution in [0.3, 0.4) is 0 Å². The third-order valence-electron chi connectivity index (χ3n) is 4.83. The number of nitrogens with one attached hydrogen (secondary N) is 1.